The van der Waals surface area contributed by atoms with E-state index in [1.807, 2.05) is 0 Å². The SMILES string of the molecule is CCOC(=O)C(F)(F)C(=O)N(C)c1cccnc1. The smallest absolute Gasteiger partial charge is 0.419 e. The summed E-state index contributed by atoms with van der Waals surface area (Å²) in [6.07, 6.45) is 2.67. The van der Waals surface area contributed by atoms with Gasteiger partial charge in [0.15, 0.2) is 0 Å². The van der Waals surface area contributed by atoms with E-state index in [4.69, 9.17) is 0 Å². The normalized spacial score (nSPS) is 10.9. The van der Waals surface area contributed by atoms with Gasteiger partial charge in [0.2, 0.25) is 0 Å². The van der Waals surface area contributed by atoms with Crippen LogP contribution >= 0.6 is 0 Å². The van der Waals surface area contributed by atoms with E-state index in [1.54, 1.807) is 0 Å². The van der Waals surface area contributed by atoms with Crippen LogP contribution in [0.5, 0.6) is 0 Å². The van der Waals surface area contributed by atoms with E-state index < -0.39 is 17.8 Å². The van der Waals surface area contributed by atoms with E-state index >= 15 is 0 Å². The molecule has 0 saturated carbocycles. The highest BCUT2D eigenvalue weighted by Crippen LogP contribution is 2.22. The van der Waals surface area contributed by atoms with Gasteiger partial charge in [-0.05, 0) is 19.1 Å². The third kappa shape index (κ3) is 2.79. The highest BCUT2D eigenvalue weighted by molar-refractivity contribution is 6.11. The van der Waals surface area contributed by atoms with E-state index in [2.05, 4.69) is 9.72 Å². The molecular formula is C11H12F2N2O3. The molecule has 18 heavy (non-hydrogen) atoms. The van der Waals surface area contributed by atoms with Crippen molar-refractivity contribution in [2.75, 3.05) is 18.6 Å². The number of hydrogen-bond donors (Lipinski definition) is 0. The lowest BCUT2D eigenvalue weighted by molar-refractivity contribution is -0.176. The third-order valence-corrected chi connectivity index (χ3v) is 2.14. The Labute approximate surface area is 102 Å². The molecule has 0 N–H and O–H groups in total. The highest BCUT2D eigenvalue weighted by atomic mass is 19.3. The largest absolute Gasteiger partial charge is 0.461 e. The molecule has 1 amide bonds. The van der Waals surface area contributed by atoms with Gasteiger partial charge in [0.25, 0.3) is 0 Å². The van der Waals surface area contributed by atoms with Crippen molar-refractivity contribution in [3.05, 3.63) is 24.5 Å². The first-order valence-corrected chi connectivity index (χ1v) is 5.14. The molecule has 1 heterocycles. The molecule has 0 atom stereocenters. The predicted molar refractivity (Wildman–Crippen MR) is 59.2 cm³/mol. The Hall–Kier alpha value is -2.05. The van der Waals surface area contributed by atoms with Gasteiger partial charge in [0, 0.05) is 13.2 Å². The van der Waals surface area contributed by atoms with Gasteiger partial charge in [0.05, 0.1) is 18.5 Å². The average Bonchev–Trinajstić information content (AvgIpc) is 2.38. The van der Waals surface area contributed by atoms with Crippen LogP contribution in [0.25, 0.3) is 0 Å². The van der Waals surface area contributed by atoms with E-state index in [9.17, 15) is 18.4 Å². The summed E-state index contributed by atoms with van der Waals surface area (Å²) in [6.45, 7) is 1.15. The molecule has 0 saturated heterocycles. The van der Waals surface area contributed by atoms with Crippen molar-refractivity contribution >= 4 is 17.6 Å². The van der Waals surface area contributed by atoms with E-state index in [1.165, 1.54) is 31.5 Å². The van der Waals surface area contributed by atoms with Crippen LogP contribution in [0.15, 0.2) is 24.5 Å². The molecule has 98 valence electrons. The molecule has 7 heteroatoms. The van der Waals surface area contributed by atoms with E-state index in [0.29, 0.717) is 4.90 Å². The summed E-state index contributed by atoms with van der Waals surface area (Å²) in [5.41, 5.74) is 0.159. The fraction of sp³-hybridized carbons (Fsp3) is 0.364. The van der Waals surface area contributed by atoms with Crippen molar-refractivity contribution in [3.63, 3.8) is 0 Å². The van der Waals surface area contributed by atoms with Gasteiger partial charge in [-0.2, -0.15) is 8.78 Å². The Kier molecular flexibility index (Phi) is 4.30. The summed E-state index contributed by atoms with van der Waals surface area (Å²) in [5, 5.41) is 0. The lowest BCUT2D eigenvalue weighted by atomic mass is 10.2. The number of amides is 1. The first-order chi connectivity index (χ1) is 8.41. The molecule has 0 radical (unpaired) electrons. The quantitative estimate of drug-likeness (QED) is 0.602. The van der Waals surface area contributed by atoms with Gasteiger partial charge in [-0.3, -0.25) is 9.78 Å². The molecule has 0 spiro atoms. The monoisotopic (exact) mass is 258 g/mol. The zero-order valence-corrected chi connectivity index (χ0v) is 9.89. The van der Waals surface area contributed by atoms with Crippen molar-refractivity contribution in [1.29, 1.82) is 0 Å². The number of aromatic nitrogens is 1. The van der Waals surface area contributed by atoms with Crippen LogP contribution in [0.2, 0.25) is 0 Å². The Morgan fingerprint density at radius 2 is 2.17 bits per heavy atom. The first kappa shape index (κ1) is 14.0. The lowest BCUT2D eigenvalue weighted by Gasteiger charge is -2.21. The van der Waals surface area contributed by atoms with Crippen molar-refractivity contribution in [1.82, 2.24) is 4.98 Å². The van der Waals surface area contributed by atoms with Crippen LogP contribution in [-0.2, 0) is 14.3 Å². The Balaban J connectivity index is 2.90. The molecule has 0 aromatic carbocycles. The zero-order chi connectivity index (χ0) is 13.8. The number of nitrogens with zero attached hydrogens (tertiary/aromatic N) is 2. The maximum Gasteiger partial charge on any atom is 0.419 e. The zero-order valence-electron chi connectivity index (χ0n) is 9.89. The molecule has 0 fully saturated rings. The minimum Gasteiger partial charge on any atom is -0.461 e. The second-order valence-electron chi connectivity index (χ2n) is 3.37. The molecule has 0 unspecified atom stereocenters. The third-order valence-electron chi connectivity index (χ3n) is 2.14. The molecule has 0 bridgehead atoms. The van der Waals surface area contributed by atoms with Crippen LogP contribution in [0.1, 0.15) is 6.92 Å². The molecular weight excluding hydrogens is 246 g/mol. The summed E-state index contributed by atoms with van der Waals surface area (Å²) in [4.78, 5) is 26.9. The van der Waals surface area contributed by atoms with Crippen LogP contribution < -0.4 is 4.90 Å². The number of carbonyl (C=O) groups is 2. The number of alkyl halides is 2. The number of esters is 1. The number of ether oxygens (including phenoxy) is 1. The molecule has 1 aromatic heterocycles. The molecule has 1 rings (SSSR count). The fourth-order valence-electron chi connectivity index (χ4n) is 1.19. The molecule has 0 aliphatic heterocycles. The number of rotatable bonds is 4. The Morgan fingerprint density at radius 3 is 2.67 bits per heavy atom. The Bertz CT molecular complexity index is 437. The first-order valence-electron chi connectivity index (χ1n) is 5.14. The van der Waals surface area contributed by atoms with Gasteiger partial charge in [0.1, 0.15) is 0 Å². The van der Waals surface area contributed by atoms with E-state index in [0.717, 1.165) is 7.05 Å². The van der Waals surface area contributed by atoms with Crippen molar-refractivity contribution in [3.8, 4) is 0 Å². The summed E-state index contributed by atoms with van der Waals surface area (Å²) >= 11 is 0. The van der Waals surface area contributed by atoms with Crippen LogP contribution in [0.4, 0.5) is 14.5 Å². The van der Waals surface area contributed by atoms with Gasteiger partial charge < -0.3 is 9.64 Å². The van der Waals surface area contributed by atoms with Gasteiger partial charge in [-0.1, -0.05) is 0 Å². The second kappa shape index (κ2) is 5.52. The summed E-state index contributed by atoms with van der Waals surface area (Å²) < 4.78 is 31.1. The predicted octanol–water partition coefficient (Wildman–Crippen LogP) is 1.24. The van der Waals surface area contributed by atoms with Crippen molar-refractivity contribution < 1.29 is 23.1 Å². The van der Waals surface area contributed by atoms with Crippen LogP contribution in [0.3, 0.4) is 0 Å². The number of anilines is 1. The summed E-state index contributed by atoms with van der Waals surface area (Å²) in [5.74, 6) is -7.72. The van der Waals surface area contributed by atoms with Crippen LogP contribution in [0, 0.1) is 0 Å². The van der Waals surface area contributed by atoms with E-state index in [-0.39, 0.29) is 12.3 Å². The van der Waals surface area contributed by atoms with Gasteiger partial charge >= 0.3 is 17.8 Å². The Morgan fingerprint density at radius 1 is 1.50 bits per heavy atom. The summed E-state index contributed by atoms with van der Waals surface area (Å²) in [7, 11) is 1.13. The van der Waals surface area contributed by atoms with Crippen molar-refractivity contribution in [2.45, 2.75) is 12.8 Å². The summed E-state index contributed by atoms with van der Waals surface area (Å²) in [6, 6.07) is 2.91. The number of halogens is 2. The van der Waals surface area contributed by atoms with Crippen molar-refractivity contribution in [2.24, 2.45) is 0 Å². The molecule has 1 aromatic rings. The topological polar surface area (TPSA) is 59.5 Å². The minimum atomic E-state index is -4.21. The fourth-order valence-corrected chi connectivity index (χ4v) is 1.19. The number of hydrogen-bond acceptors (Lipinski definition) is 4. The maximum absolute atomic E-state index is 13.4. The lowest BCUT2D eigenvalue weighted by Crippen LogP contribution is -2.47. The van der Waals surface area contributed by atoms with Gasteiger partial charge in [-0.15, -0.1) is 0 Å². The molecule has 0 aliphatic carbocycles. The maximum atomic E-state index is 13.4. The number of carbonyl (C=O) groups excluding carboxylic acids is 2. The standard InChI is InChI=1S/C11H12F2N2O3/c1-3-18-10(17)11(12,13)9(16)15(2)8-5-4-6-14-7-8/h4-7H,3H2,1-2H3. The van der Waals surface area contributed by atoms with Crippen LogP contribution in [-0.4, -0.2) is 36.4 Å². The highest BCUT2D eigenvalue weighted by Gasteiger charge is 2.51. The second-order valence-corrected chi connectivity index (χ2v) is 3.37. The number of pyridine rings is 1. The molecule has 5 nitrogen and oxygen atoms in total. The van der Waals surface area contributed by atoms with Gasteiger partial charge in [-0.25, -0.2) is 4.79 Å². The minimum absolute atomic E-state index is 0.159. The molecule has 0 aliphatic rings. The average molecular weight is 258 g/mol.